The van der Waals surface area contributed by atoms with Gasteiger partial charge in [-0.15, -0.1) is 19.0 Å². The van der Waals surface area contributed by atoms with Crippen LogP contribution in [0.1, 0.15) is 29.2 Å². The van der Waals surface area contributed by atoms with Crippen molar-refractivity contribution in [3.8, 4) is 0 Å². The summed E-state index contributed by atoms with van der Waals surface area (Å²) in [5.41, 5.74) is -2.55. The van der Waals surface area contributed by atoms with Crippen molar-refractivity contribution in [1.82, 2.24) is 10.2 Å². The Hall–Kier alpha value is -1.25. The van der Waals surface area contributed by atoms with Crippen molar-refractivity contribution in [3.63, 3.8) is 0 Å². The van der Waals surface area contributed by atoms with Gasteiger partial charge in [0.05, 0.1) is 11.1 Å². The van der Waals surface area contributed by atoms with E-state index >= 15 is 0 Å². The predicted molar refractivity (Wildman–Crippen MR) is 85.7 cm³/mol. The summed E-state index contributed by atoms with van der Waals surface area (Å²) in [5, 5.41) is 3.11. The van der Waals surface area contributed by atoms with E-state index in [4.69, 9.17) is 0 Å². The van der Waals surface area contributed by atoms with Gasteiger partial charge in [-0.05, 0) is 30.2 Å². The third-order valence-electron chi connectivity index (χ3n) is 3.98. The van der Waals surface area contributed by atoms with E-state index in [2.05, 4.69) is 11.9 Å². The number of hydrogen-bond acceptors (Lipinski definition) is 2. The Kier molecular flexibility index (Phi) is 7.34. The zero-order valence-corrected chi connectivity index (χ0v) is 14.1. The lowest BCUT2D eigenvalue weighted by molar-refractivity contribution is -0.143. The quantitative estimate of drug-likeness (QED) is 0.595. The van der Waals surface area contributed by atoms with Gasteiger partial charge >= 0.3 is 12.4 Å². The minimum absolute atomic E-state index is 0. The molecule has 1 aliphatic heterocycles. The molecule has 1 aromatic carbocycles. The van der Waals surface area contributed by atoms with Gasteiger partial charge in [-0.3, -0.25) is 4.90 Å². The summed E-state index contributed by atoms with van der Waals surface area (Å²) >= 11 is 0. The Balaban J connectivity index is 0.00000312. The molecule has 2 nitrogen and oxygen atoms in total. The molecule has 1 heterocycles. The van der Waals surface area contributed by atoms with Crippen LogP contribution in [0.3, 0.4) is 0 Å². The van der Waals surface area contributed by atoms with E-state index in [1.807, 2.05) is 4.90 Å². The fraction of sp³-hybridized carbons (Fsp3) is 0.500. The molecule has 9 heteroatoms. The molecule has 1 fully saturated rings. The third kappa shape index (κ3) is 5.62. The lowest BCUT2D eigenvalue weighted by Crippen LogP contribution is -2.45. The summed E-state index contributed by atoms with van der Waals surface area (Å²) in [6.07, 6.45) is -7.88. The monoisotopic (exact) mass is 388 g/mol. The standard InChI is InChI=1S/C16H18F6N2.ClH/c1-2-3-14(24-6-4-23-5-7-24)11-8-12(15(17,18)19)10-13(9-11)16(20,21)22;/h2,8-10,14,23H,1,3-7H2;1H/t14-;/m0./s1. The van der Waals surface area contributed by atoms with Crippen molar-refractivity contribution >= 4 is 12.4 Å². The first kappa shape index (κ1) is 21.8. The SMILES string of the molecule is C=CC[C@@H](c1cc(C(F)(F)F)cc(C(F)(F)F)c1)N1CCNCC1.Cl. The number of alkyl halides is 6. The highest BCUT2D eigenvalue weighted by molar-refractivity contribution is 5.85. The summed E-state index contributed by atoms with van der Waals surface area (Å²) < 4.78 is 78.1. The van der Waals surface area contributed by atoms with Gasteiger partial charge in [-0.25, -0.2) is 0 Å². The maximum Gasteiger partial charge on any atom is 0.416 e. The molecular formula is C16H19ClF6N2. The molecule has 1 saturated heterocycles. The largest absolute Gasteiger partial charge is 0.416 e. The number of nitrogens with one attached hydrogen (secondary N) is 1. The third-order valence-corrected chi connectivity index (χ3v) is 3.98. The minimum atomic E-state index is -4.84. The van der Waals surface area contributed by atoms with E-state index in [9.17, 15) is 26.3 Å². The molecule has 1 aliphatic rings. The summed E-state index contributed by atoms with van der Waals surface area (Å²) in [5.74, 6) is 0. The van der Waals surface area contributed by atoms with Crippen LogP contribution in [-0.2, 0) is 12.4 Å². The maximum absolute atomic E-state index is 13.0. The molecule has 2 rings (SSSR count). The normalized spacial score (nSPS) is 17.7. The fourth-order valence-electron chi connectivity index (χ4n) is 2.82. The number of halogens is 7. The second-order valence-electron chi connectivity index (χ2n) is 5.67. The molecule has 0 bridgehead atoms. The first-order valence-electron chi connectivity index (χ1n) is 7.48. The highest BCUT2D eigenvalue weighted by Crippen LogP contribution is 2.39. The number of hydrogen-bond donors (Lipinski definition) is 1. The molecule has 0 aromatic heterocycles. The Morgan fingerprint density at radius 1 is 1.00 bits per heavy atom. The summed E-state index contributed by atoms with van der Waals surface area (Å²) in [4.78, 5) is 1.88. The highest BCUT2D eigenvalue weighted by Gasteiger charge is 2.38. The Labute approximate surface area is 148 Å². The lowest BCUT2D eigenvalue weighted by Gasteiger charge is -2.35. The van der Waals surface area contributed by atoms with Gasteiger partial charge in [-0.1, -0.05) is 6.08 Å². The molecular weight excluding hydrogens is 370 g/mol. The van der Waals surface area contributed by atoms with Gasteiger partial charge < -0.3 is 5.32 Å². The average Bonchev–Trinajstić information content (AvgIpc) is 2.51. The van der Waals surface area contributed by atoms with Crippen LogP contribution in [0.5, 0.6) is 0 Å². The van der Waals surface area contributed by atoms with Gasteiger partial charge in [-0.2, -0.15) is 26.3 Å². The molecule has 1 aromatic rings. The smallest absolute Gasteiger partial charge is 0.314 e. The van der Waals surface area contributed by atoms with E-state index in [-0.39, 0.29) is 30.5 Å². The van der Waals surface area contributed by atoms with Crippen LogP contribution in [0.15, 0.2) is 30.9 Å². The van der Waals surface area contributed by atoms with E-state index in [1.165, 1.54) is 6.08 Å². The number of nitrogens with zero attached hydrogens (tertiary/aromatic N) is 1. The second-order valence-corrected chi connectivity index (χ2v) is 5.67. The average molecular weight is 389 g/mol. The van der Waals surface area contributed by atoms with Crippen LogP contribution in [0, 0.1) is 0 Å². The maximum atomic E-state index is 13.0. The minimum Gasteiger partial charge on any atom is -0.314 e. The van der Waals surface area contributed by atoms with Gasteiger partial charge in [0.25, 0.3) is 0 Å². The van der Waals surface area contributed by atoms with Crippen molar-refractivity contribution < 1.29 is 26.3 Å². The van der Waals surface area contributed by atoms with E-state index in [1.54, 1.807) is 0 Å². The predicted octanol–water partition coefficient (Wildman–Crippen LogP) is 4.67. The number of rotatable bonds is 4. The molecule has 0 saturated carbocycles. The Bertz CT molecular complexity index is 547. The van der Waals surface area contributed by atoms with Crippen molar-refractivity contribution in [3.05, 3.63) is 47.5 Å². The first-order valence-corrected chi connectivity index (χ1v) is 7.48. The van der Waals surface area contributed by atoms with E-state index in [0.29, 0.717) is 26.2 Å². The van der Waals surface area contributed by atoms with Crippen LogP contribution in [0.4, 0.5) is 26.3 Å². The molecule has 142 valence electrons. The number of benzene rings is 1. The summed E-state index contributed by atoms with van der Waals surface area (Å²) in [7, 11) is 0. The zero-order valence-electron chi connectivity index (χ0n) is 13.3. The number of piperazine rings is 1. The topological polar surface area (TPSA) is 15.3 Å². The fourth-order valence-corrected chi connectivity index (χ4v) is 2.82. The lowest BCUT2D eigenvalue weighted by atomic mass is 9.96. The molecule has 0 spiro atoms. The van der Waals surface area contributed by atoms with Gasteiger partial charge in [0.2, 0.25) is 0 Å². The molecule has 0 radical (unpaired) electrons. The van der Waals surface area contributed by atoms with E-state index in [0.717, 1.165) is 12.1 Å². The second kappa shape index (κ2) is 8.42. The molecule has 1 atom stereocenters. The van der Waals surface area contributed by atoms with Crippen LogP contribution >= 0.6 is 12.4 Å². The van der Waals surface area contributed by atoms with E-state index < -0.39 is 29.5 Å². The molecule has 0 aliphatic carbocycles. The van der Waals surface area contributed by atoms with Gasteiger partial charge in [0, 0.05) is 32.2 Å². The van der Waals surface area contributed by atoms with Crippen molar-refractivity contribution in [2.24, 2.45) is 0 Å². The molecule has 0 unspecified atom stereocenters. The zero-order chi connectivity index (χ0) is 18.0. The molecule has 0 amide bonds. The van der Waals surface area contributed by atoms with Crippen molar-refractivity contribution in [1.29, 1.82) is 0 Å². The Morgan fingerprint density at radius 3 is 1.88 bits per heavy atom. The van der Waals surface area contributed by atoms with Gasteiger partial charge in [0.1, 0.15) is 0 Å². The summed E-state index contributed by atoms with van der Waals surface area (Å²) in [6, 6.07) is 1.22. The van der Waals surface area contributed by atoms with Crippen LogP contribution in [-0.4, -0.2) is 31.1 Å². The Morgan fingerprint density at radius 2 is 1.48 bits per heavy atom. The van der Waals surface area contributed by atoms with Crippen LogP contribution < -0.4 is 5.32 Å². The van der Waals surface area contributed by atoms with Crippen molar-refractivity contribution in [2.45, 2.75) is 24.8 Å². The van der Waals surface area contributed by atoms with Gasteiger partial charge in [0.15, 0.2) is 0 Å². The summed E-state index contributed by atoms with van der Waals surface area (Å²) in [6.45, 7) is 5.96. The molecule has 1 N–H and O–H groups in total. The van der Waals surface area contributed by atoms with Crippen LogP contribution in [0.25, 0.3) is 0 Å². The highest BCUT2D eigenvalue weighted by atomic mass is 35.5. The van der Waals surface area contributed by atoms with Crippen molar-refractivity contribution in [2.75, 3.05) is 26.2 Å². The van der Waals surface area contributed by atoms with Crippen LogP contribution in [0.2, 0.25) is 0 Å². The molecule has 25 heavy (non-hydrogen) atoms. The first-order chi connectivity index (χ1) is 11.1.